The average Bonchev–Trinajstić information content (AvgIpc) is 2.50. The van der Waals surface area contributed by atoms with Crippen LogP contribution in [0.4, 0.5) is 4.39 Å². The third kappa shape index (κ3) is 2.63. The highest BCUT2D eigenvalue weighted by atomic mass is 19.1. The van der Waals surface area contributed by atoms with Crippen LogP contribution in [0.1, 0.15) is 27.0 Å². The molecule has 0 N–H and O–H groups in total. The van der Waals surface area contributed by atoms with Crippen molar-refractivity contribution in [3.05, 3.63) is 70.5 Å². The summed E-state index contributed by atoms with van der Waals surface area (Å²) in [6.07, 6.45) is 0.794. The zero-order valence-corrected chi connectivity index (χ0v) is 11.3. The first kappa shape index (κ1) is 13.3. The highest BCUT2D eigenvalue weighted by Gasteiger charge is 2.23. The largest absolute Gasteiger partial charge is 0.334 e. The lowest BCUT2D eigenvalue weighted by Gasteiger charge is -2.28. The molecular weight excluding hydrogens is 267 g/mol. The molecule has 0 saturated heterocycles. The molecule has 1 heterocycles. The van der Waals surface area contributed by atoms with Gasteiger partial charge in [-0.25, -0.2) is 4.39 Å². The van der Waals surface area contributed by atoms with Crippen molar-refractivity contribution in [2.75, 3.05) is 6.54 Å². The van der Waals surface area contributed by atoms with Gasteiger partial charge in [0.25, 0.3) is 5.91 Å². The molecule has 21 heavy (non-hydrogen) atoms. The molecule has 0 saturated carbocycles. The Morgan fingerprint density at radius 2 is 2.05 bits per heavy atom. The summed E-state index contributed by atoms with van der Waals surface area (Å²) in [6, 6.07) is 13.7. The van der Waals surface area contributed by atoms with Crippen LogP contribution < -0.4 is 0 Å². The number of hydrogen-bond donors (Lipinski definition) is 0. The number of nitrogens with zero attached hydrogens (tertiary/aromatic N) is 2. The summed E-state index contributed by atoms with van der Waals surface area (Å²) in [5.74, 6) is -0.492. The Morgan fingerprint density at radius 3 is 2.86 bits per heavy atom. The molecule has 0 radical (unpaired) electrons. The van der Waals surface area contributed by atoms with Gasteiger partial charge in [0.1, 0.15) is 5.82 Å². The number of rotatable bonds is 2. The lowest BCUT2D eigenvalue weighted by Crippen LogP contribution is -2.37. The Labute approximate surface area is 122 Å². The molecule has 0 bridgehead atoms. The smallest absolute Gasteiger partial charge is 0.254 e. The van der Waals surface area contributed by atoms with E-state index in [0.717, 1.165) is 12.0 Å². The van der Waals surface area contributed by atoms with Gasteiger partial charge in [0.15, 0.2) is 0 Å². The molecule has 2 aromatic carbocycles. The number of carbonyl (C=O) groups excluding carboxylic acids is 1. The molecule has 4 heteroatoms. The Kier molecular flexibility index (Phi) is 3.41. The molecule has 2 aromatic rings. The summed E-state index contributed by atoms with van der Waals surface area (Å²) in [6.45, 7) is 0.924. The maximum absolute atomic E-state index is 13.5. The summed E-state index contributed by atoms with van der Waals surface area (Å²) >= 11 is 0. The van der Waals surface area contributed by atoms with E-state index < -0.39 is 5.82 Å². The van der Waals surface area contributed by atoms with E-state index in [4.69, 9.17) is 5.26 Å². The number of fused-ring (bicyclic) bond motifs is 1. The number of amides is 1. The SMILES string of the molecule is N#Cc1cc(F)cc(CN2CCc3ccccc3C2=O)c1. The van der Waals surface area contributed by atoms with Crippen LogP contribution in [-0.2, 0) is 13.0 Å². The molecule has 0 spiro atoms. The van der Waals surface area contributed by atoms with E-state index in [1.54, 1.807) is 11.0 Å². The van der Waals surface area contributed by atoms with Crippen molar-refractivity contribution in [2.45, 2.75) is 13.0 Å². The second-order valence-electron chi connectivity index (χ2n) is 5.09. The summed E-state index contributed by atoms with van der Waals surface area (Å²) in [5.41, 5.74) is 2.67. The molecule has 0 aliphatic carbocycles. The minimum Gasteiger partial charge on any atom is -0.334 e. The number of halogens is 1. The van der Waals surface area contributed by atoms with Gasteiger partial charge in [-0.1, -0.05) is 18.2 Å². The van der Waals surface area contributed by atoms with Crippen molar-refractivity contribution in [1.82, 2.24) is 4.90 Å². The Morgan fingerprint density at radius 1 is 1.24 bits per heavy atom. The van der Waals surface area contributed by atoms with Gasteiger partial charge < -0.3 is 4.90 Å². The summed E-state index contributed by atoms with van der Waals surface area (Å²) in [5, 5.41) is 8.88. The van der Waals surface area contributed by atoms with Gasteiger partial charge in [-0.2, -0.15) is 5.26 Å². The molecule has 0 fully saturated rings. The van der Waals surface area contributed by atoms with Gasteiger partial charge in [-0.3, -0.25) is 4.79 Å². The van der Waals surface area contributed by atoms with Gasteiger partial charge >= 0.3 is 0 Å². The van der Waals surface area contributed by atoms with E-state index in [-0.39, 0.29) is 11.5 Å². The second-order valence-corrected chi connectivity index (χ2v) is 5.09. The molecule has 1 aliphatic heterocycles. The fourth-order valence-corrected chi connectivity index (χ4v) is 2.65. The molecule has 104 valence electrons. The van der Waals surface area contributed by atoms with E-state index in [1.807, 2.05) is 30.3 Å². The molecule has 1 amide bonds. The maximum Gasteiger partial charge on any atom is 0.254 e. The second kappa shape index (κ2) is 5.37. The zero-order valence-electron chi connectivity index (χ0n) is 11.3. The number of benzene rings is 2. The quantitative estimate of drug-likeness (QED) is 0.849. The van der Waals surface area contributed by atoms with Crippen molar-refractivity contribution in [3.63, 3.8) is 0 Å². The van der Waals surface area contributed by atoms with E-state index in [0.29, 0.717) is 24.2 Å². The third-order valence-corrected chi connectivity index (χ3v) is 3.65. The van der Waals surface area contributed by atoms with E-state index >= 15 is 0 Å². The molecule has 0 unspecified atom stereocenters. The number of nitriles is 1. The molecule has 0 atom stereocenters. The lowest BCUT2D eigenvalue weighted by molar-refractivity contribution is 0.0727. The molecule has 3 rings (SSSR count). The third-order valence-electron chi connectivity index (χ3n) is 3.65. The first-order valence-electron chi connectivity index (χ1n) is 6.74. The normalized spacial score (nSPS) is 13.7. The first-order valence-corrected chi connectivity index (χ1v) is 6.74. The lowest BCUT2D eigenvalue weighted by atomic mass is 9.98. The fraction of sp³-hybridized carbons (Fsp3) is 0.176. The van der Waals surface area contributed by atoms with Crippen LogP contribution in [-0.4, -0.2) is 17.4 Å². The summed E-state index contributed by atoms with van der Waals surface area (Å²) < 4.78 is 13.5. The van der Waals surface area contributed by atoms with Crippen LogP contribution in [0, 0.1) is 17.1 Å². The molecule has 1 aliphatic rings. The molecule has 3 nitrogen and oxygen atoms in total. The van der Waals surface area contributed by atoms with Crippen molar-refractivity contribution in [3.8, 4) is 6.07 Å². The zero-order chi connectivity index (χ0) is 14.8. The fourth-order valence-electron chi connectivity index (χ4n) is 2.65. The Hall–Kier alpha value is -2.67. The van der Waals surface area contributed by atoms with Gasteiger partial charge in [0.05, 0.1) is 11.6 Å². The van der Waals surface area contributed by atoms with Crippen molar-refractivity contribution < 1.29 is 9.18 Å². The van der Waals surface area contributed by atoms with Crippen LogP contribution >= 0.6 is 0 Å². The van der Waals surface area contributed by atoms with E-state index in [1.165, 1.54) is 12.1 Å². The maximum atomic E-state index is 13.5. The molecular formula is C17H13FN2O. The van der Waals surface area contributed by atoms with E-state index in [2.05, 4.69) is 0 Å². The predicted molar refractivity (Wildman–Crippen MR) is 76.0 cm³/mol. The van der Waals surface area contributed by atoms with Gasteiger partial charge in [-0.15, -0.1) is 0 Å². The monoisotopic (exact) mass is 280 g/mol. The van der Waals surface area contributed by atoms with Crippen molar-refractivity contribution >= 4 is 5.91 Å². The first-order chi connectivity index (χ1) is 10.2. The van der Waals surface area contributed by atoms with Gasteiger partial charge in [0, 0.05) is 18.7 Å². The Balaban J connectivity index is 1.86. The standard InChI is InChI=1S/C17H13FN2O/c18-15-8-12(10-19)7-13(9-15)11-20-6-5-14-3-1-2-4-16(14)17(20)21/h1-4,7-9H,5-6,11H2. The highest BCUT2D eigenvalue weighted by Crippen LogP contribution is 2.21. The van der Waals surface area contributed by atoms with Crippen molar-refractivity contribution in [2.24, 2.45) is 0 Å². The van der Waals surface area contributed by atoms with Gasteiger partial charge in [0.2, 0.25) is 0 Å². The number of hydrogen-bond acceptors (Lipinski definition) is 2. The van der Waals surface area contributed by atoms with Crippen molar-refractivity contribution in [1.29, 1.82) is 5.26 Å². The highest BCUT2D eigenvalue weighted by molar-refractivity contribution is 5.96. The van der Waals surface area contributed by atoms with Crippen LogP contribution in [0.2, 0.25) is 0 Å². The predicted octanol–water partition coefficient (Wildman–Crippen LogP) is 2.90. The number of carbonyl (C=O) groups is 1. The Bertz CT molecular complexity index is 749. The molecule has 0 aromatic heterocycles. The average molecular weight is 280 g/mol. The van der Waals surface area contributed by atoms with Crippen LogP contribution in [0.25, 0.3) is 0 Å². The van der Waals surface area contributed by atoms with Gasteiger partial charge in [-0.05, 0) is 41.8 Å². The van der Waals surface area contributed by atoms with Crippen LogP contribution in [0.5, 0.6) is 0 Å². The van der Waals surface area contributed by atoms with Crippen LogP contribution in [0.3, 0.4) is 0 Å². The minimum atomic E-state index is -0.450. The summed E-state index contributed by atoms with van der Waals surface area (Å²) in [4.78, 5) is 14.1. The van der Waals surface area contributed by atoms with Crippen LogP contribution in [0.15, 0.2) is 42.5 Å². The topological polar surface area (TPSA) is 44.1 Å². The van der Waals surface area contributed by atoms with E-state index in [9.17, 15) is 9.18 Å². The minimum absolute atomic E-state index is 0.0420. The summed E-state index contributed by atoms with van der Waals surface area (Å²) in [7, 11) is 0.